The first-order valence-corrected chi connectivity index (χ1v) is 10.3. The van der Waals surface area contributed by atoms with Gasteiger partial charge in [0.2, 0.25) is 5.82 Å². The van der Waals surface area contributed by atoms with Gasteiger partial charge in [-0.05, 0) is 52.2 Å². The molecule has 1 N–H and O–H groups in total. The van der Waals surface area contributed by atoms with Crippen LogP contribution in [0.1, 0.15) is 58.0 Å². The highest BCUT2D eigenvalue weighted by atomic mass is 16.2. The van der Waals surface area contributed by atoms with Crippen LogP contribution in [0, 0.1) is 27.7 Å². The molecule has 1 amide bonds. The number of aryl methyl sites for hydroxylation is 3. The van der Waals surface area contributed by atoms with Gasteiger partial charge in [-0.1, -0.05) is 23.8 Å². The van der Waals surface area contributed by atoms with E-state index in [1.54, 1.807) is 14.1 Å². The van der Waals surface area contributed by atoms with Crippen molar-refractivity contribution in [3.63, 3.8) is 0 Å². The van der Waals surface area contributed by atoms with Gasteiger partial charge in [-0.2, -0.15) is 0 Å². The van der Waals surface area contributed by atoms with Crippen molar-refractivity contribution in [3.8, 4) is 0 Å². The number of hydrogen-bond acceptors (Lipinski definition) is 5. The monoisotopic (exact) mass is 395 g/mol. The molecule has 6 heteroatoms. The number of benzene rings is 1. The van der Waals surface area contributed by atoms with E-state index in [0.717, 1.165) is 36.6 Å². The third-order valence-corrected chi connectivity index (χ3v) is 5.84. The van der Waals surface area contributed by atoms with Crippen molar-refractivity contribution in [2.24, 2.45) is 0 Å². The fraction of sp³-hybridized carbons (Fsp3) is 0.522. The molecule has 1 aromatic heterocycles. The Morgan fingerprint density at radius 2 is 1.93 bits per heavy atom. The van der Waals surface area contributed by atoms with Gasteiger partial charge in [-0.3, -0.25) is 4.79 Å². The van der Waals surface area contributed by atoms with Crippen LogP contribution in [0.2, 0.25) is 0 Å². The van der Waals surface area contributed by atoms with E-state index in [1.807, 2.05) is 13.8 Å². The molecule has 0 aliphatic carbocycles. The summed E-state index contributed by atoms with van der Waals surface area (Å²) >= 11 is 0. The summed E-state index contributed by atoms with van der Waals surface area (Å²) in [6.45, 7) is 12.3. The van der Waals surface area contributed by atoms with Crippen molar-refractivity contribution in [2.75, 3.05) is 32.1 Å². The van der Waals surface area contributed by atoms with Gasteiger partial charge in [0.15, 0.2) is 0 Å². The van der Waals surface area contributed by atoms with E-state index in [1.165, 1.54) is 21.6 Å². The lowest BCUT2D eigenvalue weighted by atomic mass is 9.99. The van der Waals surface area contributed by atoms with Gasteiger partial charge in [-0.25, -0.2) is 9.97 Å². The number of hydrogen-bond donors (Lipinski definition) is 1. The summed E-state index contributed by atoms with van der Waals surface area (Å²) in [7, 11) is 3.45. The largest absolute Gasteiger partial charge is 0.355 e. The minimum absolute atomic E-state index is 0.160. The molecule has 0 radical (unpaired) electrons. The molecule has 1 aliphatic rings. The summed E-state index contributed by atoms with van der Waals surface area (Å²) in [5, 5.41) is 3.79. The highest BCUT2D eigenvalue weighted by Crippen LogP contribution is 2.26. The summed E-state index contributed by atoms with van der Waals surface area (Å²) in [6.07, 6.45) is 1.05. The number of nitrogens with one attached hydrogen (secondary N) is 1. The molecule has 0 saturated carbocycles. The highest BCUT2D eigenvalue weighted by Gasteiger charge is 2.28. The van der Waals surface area contributed by atoms with E-state index >= 15 is 0 Å². The Hall–Kier alpha value is -2.47. The SMILES string of the molecule is Cc1ccc(C)c(C(C)N[C@@H]2CCN(c3nc(C(=O)N(C)C)nc(C)c3C)C2)c1. The van der Waals surface area contributed by atoms with Crippen LogP contribution >= 0.6 is 0 Å². The number of nitrogens with zero attached hydrogens (tertiary/aromatic N) is 4. The summed E-state index contributed by atoms with van der Waals surface area (Å²) in [5.41, 5.74) is 5.87. The van der Waals surface area contributed by atoms with Crippen molar-refractivity contribution < 1.29 is 4.79 Å². The third kappa shape index (κ3) is 4.58. The maximum absolute atomic E-state index is 12.4. The van der Waals surface area contributed by atoms with Gasteiger partial charge in [0.1, 0.15) is 5.82 Å². The average Bonchev–Trinajstić information content (AvgIpc) is 3.13. The number of amides is 1. The maximum atomic E-state index is 12.4. The Morgan fingerprint density at radius 1 is 1.21 bits per heavy atom. The fourth-order valence-electron chi connectivity index (χ4n) is 3.98. The van der Waals surface area contributed by atoms with Gasteiger partial charge < -0.3 is 15.1 Å². The molecule has 6 nitrogen and oxygen atoms in total. The molecule has 2 aromatic rings. The second kappa shape index (κ2) is 8.49. The Kier molecular flexibility index (Phi) is 6.22. The Balaban J connectivity index is 1.75. The van der Waals surface area contributed by atoms with Crippen molar-refractivity contribution in [1.29, 1.82) is 0 Å². The van der Waals surface area contributed by atoms with E-state index in [9.17, 15) is 4.79 Å². The van der Waals surface area contributed by atoms with Crippen LogP contribution in [0.25, 0.3) is 0 Å². The molecule has 156 valence electrons. The van der Waals surface area contributed by atoms with Crippen molar-refractivity contribution in [1.82, 2.24) is 20.2 Å². The smallest absolute Gasteiger partial charge is 0.291 e. The van der Waals surface area contributed by atoms with Gasteiger partial charge in [0, 0.05) is 50.5 Å². The standard InChI is InChI=1S/C23H33N5O/c1-14-8-9-15(2)20(12-14)18(5)24-19-10-11-28(13-19)22-16(3)17(4)25-21(26-22)23(29)27(6)7/h8-9,12,18-19,24H,10-11,13H2,1-7H3/t18?,19-/m1/s1. The summed E-state index contributed by atoms with van der Waals surface area (Å²) < 4.78 is 0. The first-order valence-electron chi connectivity index (χ1n) is 10.3. The second-order valence-corrected chi connectivity index (χ2v) is 8.46. The van der Waals surface area contributed by atoms with Crippen LogP contribution in [0.3, 0.4) is 0 Å². The van der Waals surface area contributed by atoms with Crippen molar-refractivity contribution in [3.05, 3.63) is 52.0 Å². The molecule has 1 saturated heterocycles. The minimum atomic E-state index is -0.160. The molecule has 1 aliphatic heterocycles. The maximum Gasteiger partial charge on any atom is 0.291 e. The van der Waals surface area contributed by atoms with Gasteiger partial charge in [0.25, 0.3) is 5.91 Å². The Labute approximate surface area is 174 Å². The van der Waals surface area contributed by atoms with Crippen LogP contribution in [-0.2, 0) is 0 Å². The zero-order valence-electron chi connectivity index (χ0n) is 18.7. The number of rotatable bonds is 5. The molecule has 0 spiro atoms. The lowest BCUT2D eigenvalue weighted by Crippen LogP contribution is -2.35. The number of aromatic nitrogens is 2. The van der Waals surface area contributed by atoms with Crippen LogP contribution in [0.15, 0.2) is 18.2 Å². The number of carbonyl (C=O) groups is 1. The number of carbonyl (C=O) groups excluding carboxylic acids is 1. The van der Waals surface area contributed by atoms with E-state index in [0.29, 0.717) is 12.1 Å². The number of anilines is 1. The topological polar surface area (TPSA) is 61.4 Å². The van der Waals surface area contributed by atoms with Crippen molar-refractivity contribution in [2.45, 2.75) is 53.1 Å². The molecule has 29 heavy (non-hydrogen) atoms. The average molecular weight is 396 g/mol. The predicted molar refractivity (Wildman–Crippen MR) is 118 cm³/mol. The van der Waals surface area contributed by atoms with Crippen LogP contribution in [-0.4, -0.2) is 54.0 Å². The van der Waals surface area contributed by atoms with Crippen LogP contribution in [0.5, 0.6) is 0 Å². The van der Waals surface area contributed by atoms with Crippen LogP contribution < -0.4 is 10.2 Å². The molecule has 0 bridgehead atoms. The molecule has 1 aromatic carbocycles. The molecule has 2 atom stereocenters. The summed E-state index contributed by atoms with van der Waals surface area (Å²) in [6, 6.07) is 7.30. The first-order chi connectivity index (χ1) is 13.7. The second-order valence-electron chi connectivity index (χ2n) is 8.46. The van der Waals surface area contributed by atoms with E-state index < -0.39 is 0 Å². The lowest BCUT2D eigenvalue weighted by Gasteiger charge is -2.24. The first kappa shape index (κ1) is 21.2. The zero-order valence-corrected chi connectivity index (χ0v) is 18.7. The molecule has 1 fully saturated rings. The summed E-state index contributed by atoms with van der Waals surface area (Å²) in [5.74, 6) is 0.992. The van der Waals surface area contributed by atoms with E-state index in [2.05, 4.69) is 59.2 Å². The molecular formula is C23H33N5O. The normalized spacial score (nSPS) is 17.5. The quantitative estimate of drug-likeness (QED) is 0.841. The van der Waals surface area contributed by atoms with E-state index in [4.69, 9.17) is 0 Å². The predicted octanol–water partition coefficient (Wildman–Crippen LogP) is 3.34. The van der Waals surface area contributed by atoms with E-state index in [-0.39, 0.29) is 11.7 Å². The van der Waals surface area contributed by atoms with Crippen molar-refractivity contribution >= 4 is 11.7 Å². The van der Waals surface area contributed by atoms with Gasteiger partial charge in [0.05, 0.1) is 0 Å². The molecule has 3 rings (SSSR count). The third-order valence-electron chi connectivity index (χ3n) is 5.84. The molecule has 1 unspecified atom stereocenters. The van der Waals surface area contributed by atoms with Gasteiger partial charge in [-0.15, -0.1) is 0 Å². The molecule has 2 heterocycles. The lowest BCUT2D eigenvalue weighted by molar-refractivity contribution is 0.0815. The minimum Gasteiger partial charge on any atom is -0.355 e. The fourth-order valence-corrected chi connectivity index (χ4v) is 3.98. The highest BCUT2D eigenvalue weighted by molar-refractivity contribution is 5.90. The Bertz CT molecular complexity index is 908. The molecular weight excluding hydrogens is 362 g/mol. The summed E-state index contributed by atoms with van der Waals surface area (Å²) in [4.78, 5) is 25.2. The zero-order chi connectivity index (χ0) is 21.3. The van der Waals surface area contributed by atoms with Gasteiger partial charge >= 0.3 is 0 Å². The Morgan fingerprint density at radius 3 is 2.62 bits per heavy atom. The van der Waals surface area contributed by atoms with Crippen LogP contribution in [0.4, 0.5) is 5.82 Å².